The molecule has 0 radical (unpaired) electrons. The number of hydrogen-bond donors (Lipinski definition) is 0. The Kier molecular flexibility index (Phi) is 3.06. The van der Waals surface area contributed by atoms with E-state index in [0.717, 1.165) is 37.6 Å². The SMILES string of the molecule is COc1ncc(C)cc1N1CCOCC1. The third-order valence-electron chi connectivity index (χ3n) is 2.51. The summed E-state index contributed by atoms with van der Waals surface area (Å²) in [5.74, 6) is 0.697. The number of pyridine rings is 1. The van der Waals surface area contributed by atoms with Crippen LogP contribution in [0.2, 0.25) is 0 Å². The molecule has 4 heteroatoms. The van der Waals surface area contributed by atoms with Gasteiger partial charge in [0.2, 0.25) is 5.88 Å². The van der Waals surface area contributed by atoms with E-state index in [0.29, 0.717) is 5.88 Å². The Hall–Kier alpha value is -1.29. The molecule has 0 amide bonds. The van der Waals surface area contributed by atoms with Gasteiger partial charge in [-0.3, -0.25) is 0 Å². The van der Waals surface area contributed by atoms with Crippen molar-refractivity contribution >= 4 is 5.69 Å². The quantitative estimate of drug-likeness (QED) is 0.732. The van der Waals surface area contributed by atoms with Gasteiger partial charge in [-0.25, -0.2) is 4.98 Å². The first-order valence-electron chi connectivity index (χ1n) is 5.14. The van der Waals surface area contributed by atoms with Gasteiger partial charge in [0.05, 0.1) is 20.3 Å². The third-order valence-corrected chi connectivity index (χ3v) is 2.51. The second-order valence-corrected chi connectivity index (χ2v) is 3.64. The van der Waals surface area contributed by atoms with Crippen molar-refractivity contribution in [2.24, 2.45) is 0 Å². The van der Waals surface area contributed by atoms with Crippen LogP contribution in [0, 0.1) is 6.92 Å². The molecule has 4 nitrogen and oxygen atoms in total. The molecule has 0 aliphatic carbocycles. The Morgan fingerprint density at radius 2 is 2.13 bits per heavy atom. The largest absolute Gasteiger partial charge is 0.480 e. The van der Waals surface area contributed by atoms with Crippen molar-refractivity contribution in [3.8, 4) is 5.88 Å². The predicted octanol–water partition coefficient (Wildman–Crippen LogP) is 1.24. The topological polar surface area (TPSA) is 34.6 Å². The molecule has 1 aliphatic rings. The zero-order valence-corrected chi connectivity index (χ0v) is 9.19. The van der Waals surface area contributed by atoms with Crippen LogP contribution in [0.4, 0.5) is 5.69 Å². The molecule has 0 bridgehead atoms. The first-order chi connectivity index (χ1) is 7.31. The van der Waals surface area contributed by atoms with Gasteiger partial charge in [0.1, 0.15) is 5.69 Å². The van der Waals surface area contributed by atoms with E-state index in [4.69, 9.17) is 9.47 Å². The standard InChI is InChI=1S/C11H16N2O2/c1-9-7-10(11(14-2)12-8-9)13-3-5-15-6-4-13/h7-8H,3-6H2,1-2H3. The van der Waals surface area contributed by atoms with Crippen LogP contribution in [0.5, 0.6) is 5.88 Å². The normalized spacial score (nSPS) is 16.5. The summed E-state index contributed by atoms with van der Waals surface area (Å²) in [6, 6.07) is 2.11. The monoisotopic (exact) mass is 208 g/mol. The maximum Gasteiger partial charge on any atom is 0.237 e. The van der Waals surface area contributed by atoms with Crippen molar-refractivity contribution in [1.82, 2.24) is 4.98 Å². The minimum Gasteiger partial charge on any atom is -0.480 e. The lowest BCUT2D eigenvalue weighted by atomic mass is 10.2. The van der Waals surface area contributed by atoms with Gasteiger partial charge in [0.25, 0.3) is 0 Å². The molecule has 0 aromatic carbocycles. The lowest BCUT2D eigenvalue weighted by Crippen LogP contribution is -2.36. The van der Waals surface area contributed by atoms with Crippen molar-refractivity contribution in [2.45, 2.75) is 6.92 Å². The summed E-state index contributed by atoms with van der Waals surface area (Å²) in [6.07, 6.45) is 1.82. The minimum absolute atomic E-state index is 0.697. The molecule has 15 heavy (non-hydrogen) atoms. The lowest BCUT2D eigenvalue weighted by molar-refractivity contribution is 0.122. The summed E-state index contributed by atoms with van der Waals surface area (Å²) >= 11 is 0. The second-order valence-electron chi connectivity index (χ2n) is 3.64. The van der Waals surface area contributed by atoms with Gasteiger partial charge in [-0.05, 0) is 18.6 Å². The van der Waals surface area contributed by atoms with Crippen LogP contribution in [0.25, 0.3) is 0 Å². The zero-order valence-electron chi connectivity index (χ0n) is 9.19. The number of hydrogen-bond acceptors (Lipinski definition) is 4. The minimum atomic E-state index is 0.697. The van der Waals surface area contributed by atoms with Crippen LogP contribution in [0.15, 0.2) is 12.3 Å². The molecule has 82 valence electrons. The van der Waals surface area contributed by atoms with Crippen molar-refractivity contribution in [2.75, 3.05) is 38.3 Å². The van der Waals surface area contributed by atoms with Crippen LogP contribution < -0.4 is 9.64 Å². The highest BCUT2D eigenvalue weighted by molar-refractivity contribution is 5.56. The Labute approximate surface area is 89.8 Å². The van der Waals surface area contributed by atoms with Crippen molar-refractivity contribution in [3.63, 3.8) is 0 Å². The smallest absolute Gasteiger partial charge is 0.237 e. The van der Waals surface area contributed by atoms with E-state index < -0.39 is 0 Å². The van der Waals surface area contributed by atoms with E-state index >= 15 is 0 Å². The van der Waals surface area contributed by atoms with Gasteiger partial charge in [-0.2, -0.15) is 0 Å². The molecule has 0 atom stereocenters. The van der Waals surface area contributed by atoms with Crippen molar-refractivity contribution < 1.29 is 9.47 Å². The fourth-order valence-corrected chi connectivity index (χ4v) is 1.73. The maximum atomic E-state index is 5.32. The van der Waals surface area contributed by atoms with Gasteiger partial charge in [0.15, 0.2) is 0 Å². The van der Waals surface area contributed by atoms with Crippen LogP contribution in [-0.2, 0) is 4.74 Å². The average molecular weight is 208 g/mol. The molecule has 1 saturated heterocycles. The molecule has 0 unspecified atom stereocenters. The highest BCUT2D eigenvalue weighted by Crippen LogP contribution is 2.26. The Balaban J connectivity index is 2.27. The number of anilines is 1. The lowest BCUT2D eigenvalue weighted by Gasteiger charge is -2.29. The molecule has 0 saturated carbocycles. The molecule has 1 fully saturated rings. The molecular weight excluding hydrogens is 192 g/mol. The summed E-state index contributed by atoms with van der Waals surface area (Å²) in [5.41, 5.74) is 2.22. The van der Waals surface area contributed by atoms with Gasteiger partial charge < -0.3 is 14.4 Å². The zero-order chi connectivity index (χ0) is 10.7. The fourth-order valence-electron chi connectivity index (χ4n) is 1.73. The summed E-state index contributed by atoms with van der Waals surface area (Å²) < 4.78 is 10.6. The van der Waals surface area contributed by atoms with Gasteiger partial charge in [-0.15, -0.1) is 0 Å². The summed E-state index contributed by atoms with van der Waals surface area (Å²) in [7, 11) is 1.65. The summed E-state index contributed by atoms with van der Waals surface area (Å²) in [6.45, 7) is 5.40. The van der Waals surface area contributed by atoms with E-state index in [1.165, 1.54) is 0 Å². The number of rotatable bonds is 2. The Morgan fingerprint density at radius 1 is 1.40 bits per heavy atom. The number of methoxy groups -OCH3 is 1. The second kappa shape index (κ2) is 4.49. The van der Waals surface area contributed by atoms with E-state index in [-0.39, 0.29) is 0 Å². The highest BCUT2D eigenvalue weighted by atomic mass is 16.5. The van der Waals surface area contributed by atoms with Gasteiger partial charge >= 0.3 is 0 Å². The maximum absolute atomic E-state index is 5.32. The molecule has 1 aromatic rings. The molecule has 2 rings (SSSR count). The molecule has 1 aliphatic heterocycles. The van der Waals surface area contributed by atoms with Crippen LogP contribution in [0.3, 0.4) is 0 Å². The first-order valence-corrected chi connectivity index (χ1v) is 5.14. The Morgan fingerprint density at radius 3 is 2.80 bits per heavy atom. The highest BCUT2D eigenvalue weighted by Gasteiger charge is 2.16. The number of morpholine rings is 1. The van der Waals surface area contributed by atoms with E-state index in [2.05, 4.69) is 16.0 Å². The van der Waals surface area contributed by atoms with Gasteiger partial charge in [-0.1, -0.05) is 0 Å². The number of aromatic nitrogens is 1. The fraction of sp³-hybridized carbons (Fsp3) is 0.545. The molecule has 2 heterocycles. The predicted molar refractivity (Wildman–Crippen MR) is 58.6 cm³/mol. The first kappa shape index (κ1) is 10.2. The third kappa shape index (κ3) is 2.21. The summed E-state index contributed by atoms with van der Waals surface area (Å²) in [5, 5.41) is 0. The van der Waals surface area contributed by atoms with E-state index in [1.807, 2.05) is 13.1 Å². The number of aryl methyl sites for hydroxylation is 1. The number of nitrogens with zero attached hydrogens (tertiary/aromatic N) is 2. The number of ether oxygens (including phenoxy) is 2. The van der Waals surface area contributed by atoms with Gasteiger partial charge in [0, 0.05) is 19.3 Å². The van der Waals surface area contributed by atoms with E-state index in [9.17, 15) is 0 Å². The summed E-state index contributed by atoms with van der Waals surface area (Å²) in [4.78, 5) is 6.52. The van der Waals surface area contributed by atoms with Crippen LogP contribution >= 0.6 is 0 Å². The molecule has 0 N–H and O–H groups in total. The van der Waals surface area contributed by atoms with Crippen molar-refractivity contribution in [3.05, 3.63) is 17.8 Å². The van der Waals surface area contributed by atoms with Crippen molar-refractivity contribution in [1.29, 1.82) is 0 Å². The average Bonchev–Trinajstić information content (AvgIpc) is 2.30. The molecule has 0 spiro atoms. The molecule has 1 aromatic heterocycles. The molecular formula is C11H16N2O2. The van der Waals surface area contributed by atoms with E-state index in [1.54, 1.807) is 7.11 Å². The van der Waals surface area contributed by atoms with Crippen LogP contribution in [-0.4, -0.2) is 38.4 Å². The van der Waals surface area contributed by atoms with Crippen LogP contribution in [0.1, 0.15) is 5.56 Å². The Bertz CT molecular complexity index is 335.